The maximum Gasteiger partial charge on any atom is 0.277 e. The molecule has 1 aromatic carbocycles. The van der Waals surface area contributed by atoms with Crippen molar-refractivity contribution >= 4 is 33.2 Å². The Morgan fingerprint density at radius 1 is 1.06 bits per heavy atom. The maximum atomic E-state index is 13.2. The lowest BCUT2D eigenvalue weighted by Gasteiger charge is -2.23. The van der Waals surface area contributed by atoms with Gasteiger partial charge in [0.05, 0.1) is 22.8 Å². The Hall–Kier alpha value is -3.83. The van der Waals surface area contributed by atoms with Crippen LogP contribution in [0.2, 0.25) is 0 Å². The number of pyridine rings is 2. The number of amides is 2. The fourth-order valence-electron chi connectivity index (χ4n) is 2.97. The van der Waals surface area contributed by atoms with Gasteiger partial charge in [-0.3, -0.25) is 9.59 Å². The van der Waals surface area contributed by atoms with Gasteiger partial charge in [0.25, 0.3) is 11.8 Å². The van der Waals surface area contributed by atoms with Gasteiger partial charge in [0.2, 0.25) is 0 Å². The number of aromatic nitrogens is 2. The molecule has 0 aliphatic rings. The van der Waals surface area contributed by atoms with Gasteiger partial charge in [0, 0.05) is 30.6 Å². The lowest BCUT2D eigenvalue weighted by molar-refractivity contribution is 0.101. The first-order chi connectivity index (χ1) is 16.9. The number of hydrogen-bond acceptors (Lipinski definition) is 8. The standard InChI is InChI=1S/C25H29N5O5S/c1-16-7-10-21(28-13-16)30-24(32)22-19(6-5-11-27-22)29-23(31)18-9-8-17(36(4,33)34)12-20(18)35-15-25(2,3)14-26/h5-13H,14-15,26H2,1-4H3,(H,29,31)(H,28,30,32). The molecule has 0 fully saturated rings. The molecule has 2 amide bonds. The van der Waals surface area contributed by atoms with Gasteiger partial charge in [0.15, 0.2) is 15.5 Å². The smallest absolute Gasteiger partial charge is 0.277 e. The van der Waals surface area contributed by atoms with Crippen LogP contribution in [-0.4, -0.2) is 49.6 Å². The van der Waals surface area contributed by atoms with Crippen molar-refractivity contribution in [3.63, 3.8) is 0 Å². The molecule has 0 unspecified atom stereocenters. The molecular weight excluding hydrogens is 482 g/mol. The second-order valence-electron chi connectivity index (χ2n) is 9.12. The monoisotopic (exact) mass is 511 g/mol. The van der Waals surface area contributed by atoms with Crippen molar-refractivity contribution in [1.29, 1.82) is 0 Å². The predicted molar refractivity (Wildman–Crippen MR) is 137 cm³/mol. The molecule has 10 nitrogen and oxygen atoms in total. The molecule has 0 aliphatic carbocycles. The number of carbonyl (C=O) groups excluding carboxylic acids is 2. The van der Waals surface area contributed by atoms with Crippen LogP contribution >= 0.6 is 0 Å². The van der Waals surface area contributed by atoms with Crippen molar-refractivity contribution < 1.29 is 22.7 Å². The van der Waals surface area contributed by atoms with E-state index in [0.717, 1.165) is 11.8 Å². The Morgan fingerprint density at radius 2 is 1.81 bits per heavy atom. The Balaban J connectivity index is 1.89. The number of nitrogens with zero attached hydrogens (tertiary/aromatic N) is 2. The van der Waals surface area contributed by atoms with Gasteiger partial charge in [-0.2, -0.15) is 0 Å². The number of rotatable bonds is 9. The van der Waals surface area contributed by atoms with Crippen molar-refractivity contribution in [3.05, 3.63) is 71.7 Å². The molecule has 2 heterocycles. The molecule has 0 radical (unpaired) electrons. The van der Waals surface area contributed by atoms with Crippen molar-refractivity contribution in [2.24, 2.45) is 11.1 Å². The number of benzene rings is 1. The molecule has 0 saturated heterocycles. The van der Waals surface area contributed by atoms with Gasteiger partial charge in [-0.25, -0.2) is 18.4 Å². The number of nitrogens with one attached hydrogen (secondary N) is 2. The van der Waals surface area contributed by atoms with Crippen LogP contribution in [0.3, 0.4) is 0 Å². The van der Waals surface area contributed by atoms with E-state index in [1.54, 1.807) is 24.4 Å². The van der Waals surface area contributed by atoms with Crippen LogP contribution in [0.4, 0.5) is 11.5 Å². The highest BCUT2D eigenvalue weighted by Crippen LogP contribution is 2.27. The topological polar surface area (TPSA) is 153 Å². The molecule has 0 aliphatic heterocycles. The second-order valence-corrected chi connectivity index (χ2v) is 11.1. The van der Waals surface area contributed by atoms with Crippen LogP contribution in [0.25, 0.3) is 0 Å². The average molecular weight is 512 g/mol. The van der Waals surface area contributed by atoms with Crippen LogP contribution in [-0.2, 0) is 9.84 Å². The number of nitrogens with two attached hydrogens (primary N) is 1. The molecule has 0 saturated carbocycles. The minimum atomic E-state index is -3.54. The zero-order chi connectivity index (χ0) is 26.5. The summed E-state index contributed by atoms with van der Waals surface area (Å²) in [4.78, 5) is 34.3. The van der Waals surface area contributed by atoms with Crippen molar-refractivity contribution in [3.8, 4) is 5.75 Å². The third kappa shape index (κ3) is 6.86. The van der Waals surface area contributed by atoms with Crippen LogP contribution in [0.5, 0.6) is 5.75 Å². The molecule has 190 valence electrons. The minimum Gasteiger partial charge on any atom is -0.492 e. The van der Waals surface area contributed by atoms with E-state index in [0.29, 0.717) is 12.4 Å². The zero-order valence-corrected chi connectivity index (χ0v) is 21.3. The van der Waals surface area contributed by atoms with E-state index in [-0.39, 0.29) is 34.2 Å². The van der Waals surface area contributed by atoms with Crippen LogP contribution in [0.1, 0.15) is 40.3 Å². The largest absolute Gasteiger partial charge is 0.492 e. The fourth-order valence-corrected chi connectivity index (χ4v) is 3.60. The first-order valence-corrected chi connectivity index (χ1v) is 13.0. The highest BCUT2D eigenvalue weighted by Gasteiger charge is 2.23. The van der Waals surface area contributed by atoms with E-state index in [2.05, 4.69) is 20.6 Å². The summed E-state index contributed by atoms with van der Waals surface area (Å²) in [5.74, 6) is -0.749. The minimum absolute atomic E-state index is 0.00615. The van der Waals surface area contributed by atoms with E-state index in [1.807, 2.05) is 20.8 Å². The van der Waals surface area contributed by atoms with Gasteiger partial charge >= 0.3 is 0 Å². The van der Waals surface area contributed by atoms with Crippen LogP contribution in [0, 0.1) is 12.3 Å². The summed E-state index contributed by atoms with van der Waals surface area (Å²) in [5.41, 5.74) is 6.53. The summed E-state index contributed by atoms with van der Waals surface area (Å²) in [7, 11) is -3.54. The summed E-state index contributed by atoms with van der Waals surface area (Å²) in [6, 6.07) is 10.6. The van der Waals surface area contributed by atoms with Gasteiger partial charge < -0.3 is 21.1 Å². The molecule has 0 spiro atoms. The van der Waals surface area contributed by atoms with Crippen LogP contribution < -0.4 is 21.1 Å². The number of aryl methyl sites for hydroxylation is 1. The number of ether oxygens (including phenoxy) is 1. The molecule has 2 aromatic heterocycles. The fraction of sp³-hybridized carbons (Fsp3) is 0.280. The molecule has 0 bridgehead atoms. The summed E-state index contributed by atoms with van der Waals surface area (Å²) in [6.45, 7) is 6.13. The Labute approximate surface area is 210 Å². The van der Waals surface area contributed by atoms with E-state index in [4.69, 9.17) is 10.5 Å². The SMILES string of the molecule is Cc1ccc(NC(=O)c2ncccc2NC(=O)c2ccc(S(C)(=O)=O)cc2OCC(C)(C)CN)nc1. The Bertz CT molecular complexity index is 1370. The van der Waals surface area contributed by atoms with E-state index in [9.17, 15) is 18.0 Å². The third-order valence-corrected chi connectivity index (χ3v) is 6.33. The lowest BCUT2D eigenvalue weighted by Crippen LogP contribution is -2.30. The normalized spacial score (nSPS) is 11.6. The highest BCUT2D eigenvalue weighted by molar-refractivity contribution is 7.90. The van der Waals surface area contributed by atoms with Crippen LogP contribution in [0.15, 0.2) is 59.8 Å². The number of hydrogen-bond donors (Lipinski definition) is 3. The Morgan fingerprint density at radius 3 is 2.44 bits per heavy atom. The summed E-state index contributed by atoms with van der Waals surface area (Å²) in [5, 5.41) is 5.33. The number of anilines is 2. The molecule has 36 heavy (non-hydrogen) atoms. The van der Waals surface area contributed by atoms with Gasteiger partial charge in [-0.15, -0.1) is 0 Å². The van der Waals surface area contributed by atoms with Crippen molar-refractivity contribution in [2.45, 2.75) is 25.7 Å². The molecule has 3 aromatic rings. The molecule has 0 atom stereocenters. The first-order valence-electron chi connectivity index (χ1n) is 11.1. The summed E-state index contributed by atoms with van der Waals surface area (Å²) < 4.78 is 30.0. The average Bonchev–Trinajstić information content (AvgIpc) is 2.83. The van der Waals surface area contributed by atoms with Gasteiger partial charge in [0.1, 0.15) is 11.6 Å². The molecule has 11 heteroatoms. The lowest BCUT2D eigenvalue weighted by atomic mass is 9.95. The van der Waals surface area contributed by atoms with E-state index in [1.165, 1.54) is 30.5 Å². The van der Waals surface area contributed by atoms with Gasteiger partial charge in [-0.1, -0.05) is 19.9 Å². The third-order valence-electron chi connectivity index (χ3n) is 5.22. The molecule has 3 rings (SSSR count). The first kappa shape index (κ1) is 26.8. The number of sulfone groups is 1. The molecule has 4 N–H and O–H groups in total. The second kappa shape index (κ2) is 10.8. The summed E-state index contributed by atoms with van der Waals surface area (Å²) >= 11 is 0. The summed E-state index contributed by atoms with van der Waals surface area (Å²) in [6.07, 6.45) is 4.11. The van der Waals surface area contributed by atoms with Crippen molar-refractivity contribution in [1.82, 2.24) is 9.97 Å². The maximum absolute atomic E-state index is 13.2. The quantitative estimate of drug-likeness (QED) is 0.396. The number of carbonyl (C=O) groups is 2. The van der Waals surface area contributed by atoms with Crippen molar-refractivity contribution in [2.75, 3.05) is 30.0 Å². The van der Waals surface area contributed by atoms with E-state index >= 15 is 0 Å². The molecular formula is C25H29N5O5S. The predicted octanol–water partition coefficient (Wildman–Crippen LogP) is 3.06. The zero-order valence-electron chi connectivity index (χ0n) is 20.5. The van der Waals surface area contributed by atoms with Gasteiger partial charge in [-0.05, 0) is 48.9 Å². The van der Waals surface area contributed by atoms with E-state index < -0.39 is 27.1 Å². The Kier molecular flexibility index (Phi) is 8.06. The highest BCUT2D eigenvalue weighted by atomic mass is 32.2.